The number of aryl methyl sites for hydroxylation is 1. The summed E-state index contributed by atoms with van der Waals surface area (Å²) in [5.41, 5.74) is 0.813. The number of rotatable bonds is 2. The highest BCUT2D eigenvalue weighted by Crippen LogP contribution is 2.28. The van der Waals surface area contributed by atoms with E-state index in [1.165, 1.54) is 6.07 Å². The fraction of sp³-hybridized carbons (Fsp3) is 0.200. The Morgan fingerprint density at radius 2 is 1.04 bits per heavy atom. The summed E-state index contributed by atoms with van der Waals surface area (Å²) in [6, 6.07) is 17.0. The SMILES string of the molecule is CCCc1cccc(O)c1O.O=P(O)(O)O.O=P(O)(O)O.c1ccccc1. The Balaban J connectivity index is 0. The third-order valence-electron chi connectivity index (χ3n) is 2.28. The maximum Gasteiger partial charge on any atom is 0.466 e. The van der Waals surface area contributed by atoms with Crippen molar-refractivity contribution in [2.45, 2.75) is 19.8 Å². The van der Waals surface area contributed by atoms with Crippen molar-refractivity contribution in [1.29, 1.82) is 0 Å². The van der Waals surface area contributed by atoms with Gasteiger partial charge in [0.15, 0.2) is 11.5 Å². The molecule has 154 valence electrons. The molecule has 0 saturated carbocycles. The summed E-state index contributed by atoms with van der Waals surface area (Å²) < 4.78 is 17.8. The van der Waals surface area contributed by atoms with Crippen LogP contribution in [-0.4, -0.2) is 39.6 Å². The molecule has 0 aliphatic carbocycles. The average molecular weight is 426 g/mol. The number of aromatic hydroxyl groups is 2. The summed E-state index contributed by atoms with van der Waals surface area (Å²) in [4.78, 5) is 43.1. The van der Waals surface area contributed by atoms with Crippen molar-refractivity contribution in [2.24, 2.45) is 0 Å². The summed E-state index contributed by atoms with van der Waals surface area (Å²) in [7, 11) is -9.28. The van der Waals surface area contributed by atoms with Gasteiger partial charge in [0.1, 0.15) is 0 Å². The fourth-order valence-corrected chi connectivity index (χ4v) is 1.43. The van der Waals surface area contributed by atoms with Crippen molar-refractivity contribution in [3.8, 4) is 11.5 Å². The largest absolute Gasteiger partial charge is 0.504 e. The minimum absolute atomic E-state index is 0.0225. The van der Waals surface area contributed by atoms with Gasteiger partial charge >= 0.3 is 15.6 Å². The molecule has 27 heavy (non-hydrogen) atoms. The number of benzene rings is 2. The molecule has 0 radical (unpaired) electrons. The summed E-state index contributed by atoms with van der Waals surface area (Å²) in [6.45, 7) is 2.03. The molecule has 2 aromatic rings. The highest BCUT2D eigenvalue weighted by atomic mass is 31.2. The second kappa shape index (κ2) is 14.3. The van der Waals surface area contributed by atoms with Gasteiger partial charge in [0.05, 0.1) is 0 Å². The van der Waals surface area contributed by atoms with Crippen LogP contribution in [0, 0.1) is 0 Å². The van der Waals surface area contributed by atoms with Gasteiger partial charge < -0.3 is 39.6 Å². The maximum atomic E-state index is 9.28. The molecule has 0 aliphatic heterocycles. The molecular weight excluding hydrogens is 402 g/mol. The van der Waals surface area contributed by atoms with Crippen molar-refractivity contribution < 1.29 is 48.7 Å². The lowest BCUT2D eigenvalue weighted by Gasteiger charge is -2.03. The minimum Gasteiger partial charge on any atom is -0.504 e. The highest BCUT2D eigenvalue weighted by molar-refractivity contribution is 7.45. The Kier molecular flexibility index (Phi) is 14.6. The van der Waals surface area contributed by atoms with Gasteiger partial charge in [0.25, 0.3) is 0 Å². The maximum absolute atomic E-state index is 9.28. The van der Waals surface area contributed by atoms with Crippen LogP contribution in [0.2, 0.25) is 0 Å². The predicted octanol–water partition coefficient (Wildman–Crippen LogP) is 1.88. The van der Waals surface area contributed by atoms with Gasteiger partial charge in [0.2, 0.25) is 0 Å². The van der Waals surface area contributed by atoms with E-state index in [0.717, 1.165) is 18.4 Å². The van der Waals surface area contributed by atoms with Crippen molar-refractivity contribution in [3.05, 3.63) is 60.2 Å². The molecular formula is C15H24O10P2. The quantitative estimate of drug-likeness (QED) is 0.259. The second-order valence-corrected chi connectivity index (χ2v) is 6.77. The van der Waals surface area contributed by atoms with E-state index in [9.17, 15) is 5.11 Å². The van der Waals surface area contributed by atoms with Gasteiger partial charge in [-0.25, -0.2) is 9.13 Å². The minimum atomic E-state index is -4.64. The number of phosphoric acid groups is 2. The smallest absolute Gasteiger partial charge is 0.466 e. The van der Waals surface area contributed by atoms with Crippen LogP contribution in [0.5, 0.6) is 11.5 Å². The highest BCUT2D eigenvalue weighted by Gasteiger charge is 2.03. The van der Waals surface area contributed by atoms with Crippen LogP contribution in [0.1, 0.15) is 18.9 Å². The van der Waals surface area contributed by atoms with Crippen LogP contribution >= 0.6 is 15.6 Å². The van der Waals surface area contributed by atoms with Crippen molar-refractivity contribution in [1.82, 2.24) is 0 Å². The summed E-state index contributed by atoms with van der Waals surface area (Å²) >= 11 is 0. The second-order valence-electron chi connectivity index (χ2n) is 4.72. The summed E-state index contributed by atoms with van der Waals surface area (Å²) in [5.74, 6) is -0.00898. The summed E-state index contributed by atoms with van der Waals surface area (Å²) in [6.07, 6.45) is 1.78. The van der Waals surface area contributed by atoms with Crippen LogP contribution in [0.15, 0.2) is 54.6 Å². The molecule has 0 spiro atoms. The zero-order valence-corrected chi connectivity index (χ0v) is 16.2. The molecule has 0 heterocycles. The number of hydrogen-bond acceptors (Lipinski definition) is 4. The van der Waals surface area contributed by atoms with Gasteiger partial charge in [-0.3, -0.25) is 0 Å². The molecule has 10 nitrogen and oxygen atoms in total. The topological polar surface area (TPSA) is 196 Å². The lowest BCUT2D eigenvalue weighted by molar-refractivity contribution is 0.272. The third-order valence-corrected chi connectivity index (χ3v) is 2.28. The van der Waals surface area contributed by atoms with E-state index in [0.29, 0.717) is 0 Å². The first kappa shape index (κ1) is 27.5. The number of phenolic OH excluding ortho intramolecular Hbond substituents is 2. The van der Waals surface area contributed by atoms with Crippen molar-refractivity contribution in [2.75, 3.05) is 0 Å². The third kappa shape index (κ3) is 26.6. The molecule has 0 fully saturated rings. The Labute approximate surface area is 156 Å². The monoisotopic (exact) mass is 426 g/mol. The lowest BCUT2D eigenvalue weighted by atomic mass is 10.1. The molecule has 0 aromatic heterocycles. The molecule has 2 aromatic carbocycles. The van der Waals surface area contributed by atoms with Crippen LogP contribution < -0.4 is 0 Å². The lowest BCUT2D eigenvalue weighted by Crippen LogP contribution is -1.83. The fourth-order valence-electron chi connectivity index (χ4n) is 1.43. The van der Waals surface area contributed by atoms with E-state index in [1.54, 1.807) is 6.07 Å². The molecule has 0 aliphatic rings. The summed E-state index contributed by atoms with van der Waals surface area (Å²) in [5, 5.41) is 18.4. The van der Waals surface area contributed by atoms with Gasteiger partial charge in [-0.05, 0) is 18.1 Å². The Morgan fingerprint density at radius 3 is 1.33 bits per heavy atom. The first-order chi connectivity index (χ1) is 12.3. The molecule has 2 rings (SSSR count). The molecule has 8 N–H and O–H groups in total. The molecule has 0 saturated heterocycles. The standard InChI is InChI=1S/C9H12O2.C6H6.2H3O4P/c1-2-4-7-5-3-6-8(10)9(7)11;1-2-4-6-5-3-1;2*1-5(2,3)4/h3,5-6,10-11H,2,4H2,1H3;1-6H;2*(H3,1,2,3,4). The molecule has 0 bridgehead atoms. The van der Waals surface area contributed by atoms with Crippen LogP contribution in [0.25, 0.3) is 0 Å². The van der Waals surface area contributed by atoms with Crippen molar-refractivity contribution >= 4 is 15.6 Å². The molecule has 0 atom stereocenters. The van der Waals surface area contributed by atoms with E-state index >= 15 is 0 Å². The first-order valence-corrected chi connectivity index (χ1v) is 10.4. The zero-order chi connectivity index (χ0) is 21.5. The molecule has 0 unspecified atom stereocenters. The van der Waals surface area contributed by atoms with E-state index in [4.69, 9.17) is 43.6 Å². The van der Waals surface area contributed by atoms with E-state index in [2.05, 4.69) is 0 Å². The van der Waals surface area contributed by atoms with Gasteiger partial charge in [-0.15, -0.1) is 0 Å². The van der Waals surface area contributed by atoms with E-state index in [1.807, 2.05) is 49.4 Å². The van der Waals surface area contributed by atoms with Crippen molar-refractivity contribution in [3.63, 3.8) is 0 Å². The van der Waals surface area contributed by atoms with Crippen LogP contribution in [0.3, 0.4) is 0 Å². The van der Waals surface area contributed by atoms with E-state index in [-0.39, 0.29) is 11.5 Å². The number of phenols is 2. The Morgan fingerprint density at radius 1 is 0.704 bits per heavy atom. The van der Waals surface area contributed by atoms with Crippen LogP contribution in [0.4, 0.5) is 0 Å². The van der Waals surface area contributed by atoms with Crippen LogP contribution in [-0.2, 0) is 15.6 Å². The van der Waals surface area contributed by atoms with Gasteiger partial charge in [-0.2, -0.15) is 0 Å². The predicted molar refractivity (Wildman–Crippen MR) is 98.7 cm³/mol. The van der Waals surface area contributed by atoms with Gasteiger partial charge in [-0.1, -0.05) is 61.9 Å². The van der Waals surface area contributed by atoms with E-state index < -0.39 is 15.6 Å². The first-order valence-electron chi connectivity index (χ1n) is 7.32. The Bertz CT molecular complexity index is 649. The zero-order valence-electron chi connectivity index (χ0n) is 14.4. The Hall–Kier alpha value is -1.74. The molecule has 0 amide bonds. The number of hydrogen-bond donors (Lipinski definition) is 8. The molecule has 12 heteroatoms. The average Bonchev–Trinajstić information content (AvgIpc) is 2.51. The number of para-hydroxylation sites is 1. The van der Waals surface area contributed by atoms with Gasteiger partial charge in [0, 0.05) is 0 Å². The normalized spacial score (nSPS) is 10.2.